The third kappa shape index (κ3) is 3.74. The molecule has 0 aliphatic carbocycles. The predicted molar refractivity (Wildman–Crippen MR) is 99.5 cm³/mol. The summed E-state index contributed by atoms with van der Waals surface area (Å²) in [6.45, 7) is 8.99. The lowest BCUT2D eigenvalue weighted by Crippen LogP contribution is -2.45. The van der Waals surface area contributed by atoms with Crippen LogP contribution in [0.1, 0.15) is 28.3 Å². The van der Waals surface area contributed by atoms with E-state index >= 15 is 0 Å². The number of thiophene rings is 1. The van der Waals surface area contributed by atoms with Crippen LogP contribution in [0.25, 0.3) is 0 Å². The largest absolute Gasteiger partial charge is 0.493 e. The molecule has 0 bridgehead atoms. The second-order valence-corrected chi connectivity index (χ2v) is 7.30. The van der Waals surface area contributed by atoms with Gasteiger partial charge in [0.2, 0.25) is 0 Å². The fourth-order valence-corrected chi connectivity index (χ4v) is 4.27. The smallest absolute Gasteiger partial charge is 0.161 e. The highest BCUT2D eigenvalue weighted by atomic mass is 32.1. The number of nitrogens with one attached hydrogen (secondary N) is 1. The average molecular weight is 346 g/mol. The van der Waals surface area contributed by atoms with Gasteiger partial charge in [-0.2, -0.15) is 0 Å². The zero-order chi connectivity index (χ0) is 16.9. The number of hydrogen-bond acceptors (Lipinski definition) is 5. The summed E-state index contributed by atoms with van der Waals surface area (Å²) >= 11 is 1.88. The Kier molecular flexibility index (Phi) is 5.76. The quantitative estimate of drug-likeness (QED) is 0.868. The third-order valence-corrected chi connectivity index (χ3v) is 5.40. The molecule has 4 nitrogen and oxygen atoms in total. The molecule has 1 atom stereocenters. The first-order chi connectivity index (χ1) is 11.7. The molecule has 130 valence electrons. The van der Waals surface area contributed by atoms with Crippen LogP contribution in [0.2, 0.25) is 0 Å². The van der Waals surface area contributed by atoms with E-state index in [1.54, 1.807) is 7.11 Å². The molecule has 0 spiro atoms. The predicted octanol–water partition coefficient (Wildman–Crippen LogP) is 3.46. The zero-order valence-electron chi connectivity index (χ0n) is 14.7. The molecule has 1 N–H and O–H groups in total. The van der Waals surface area contributed by atoms with Gasteiger partial charge in [0.05, 0.1) is 19.8 Å². The molecule has 1 aliphatic rings. The van der Waals surface area contributed by atoms with Crippen LogP contribution in [0, 0.1) is 6.92 Å². The number of rotatable bonds is 6. The van der Waals surface area contributed by atoms with Crippen LogP contribution < -0.4 is 14.8 Å². The molecular weight excluding hydrogens is 320 g/mol. The topological polar surface area (TPSA) is 33.7 Å². The molecule has 0 amide bonds. The maximum atomic E-state index is 5.79. The number of nitrogens with zero attached hydrogens (tertiary/aromatic N) is 1. The molecule has 1 fully saturated rings. The van der Waals surface area contributed by atoms with Crippen molar-refractivity contribution in [3.63, 3.8) is 0 Å². The van der Waals surface area contributed by atoms with E-state index in [2.05, 4.69) is 41.4 Å². The standard InChI is InChI=1S/C19H26N2O2S/c1-4-23-17-13-15(6-7-16(17)22-3)19(18-8-5-14(2)24-18)21-11-9-20-10-12-21/h5-8,13,19-20H,4,9-12H2,1-3H3. The first-order valence-corrected chi connectivity index (χ1v) is 9.36. The molecular formula is C19H26N2O2S. The van der Waals surface area contributed by atoms with Gasteiger partial charge < -0.3 is 14.8 Å². The van der Waals surface area contributed by atoms with Gasteiger partial charge in [0.1, 0.15) is 0 Å². The van der Waals surface area contributed by atoms with E-state index in [1.807, 2.05) is 24.3 Å². The van der Waals surface area contributed by atoms with Crippen molar-refractivity contribution in [3.05, 3.63) is 45.6 Å². The first kappa shape index (κ1) is 17.3. The molecule has 3 rings (SSSR count). The highest BCUT2D eigenvalue weighted by molar-refractivity contribution is 7.12. The van der Waals surface area contributed by atoms with Gasteiger partial charge in [-0.15, -0.1) is 11.3 Å². The molecule has 5 heteroatoms. The van der Waals surface area contributed by atoms with E-state index in [0.29, 0.717) is 6.61 Å². The van der Waals surface area contributed by atoms with Gasteiger partial charge in [-0.3, -0.25) is 4.90 Å². The summed E-state index contributed by atoms with van der Waals surface area (Å²) in [7, 11) is 1.69. The van der Waals surface area contributed by atoms with Crippen molar-refractivity contribution < 1.29 is 9.47 Å². The van der Waals surface area contributed by atoms with Crippen LogP contribution in [0.3, 0.4) is 0 Å². The highest BCUT2D eigenvalue weighted by Crippen LogP contribution is 2.37. The van der Waals surface area contributed by atoms with Crippen molar-refractivity contribution in [2.75, 3.05) is 39.9 Å². The van der Waals surface area contributed by atoms with E-state index in [4.69, 9.17) is 9.47 Å². The molecule has 0 saturated carbocycles. The minimum atomic E-state index is 0.274. The van der Waals surface area contributed by atoms with Gasteiger partial charge in [0.15, 0.2) is 11.5 Å². The van der Waals surface area contributed by atoms with Gasteiger partial charge in [0.25, 0.3) is 0 Å². The number of methoxy groups -OCH3 is 1. The monoisotopic (exact) mass is 346 g/mol. The van der Waals surface area contributed by atoms with E-state index in [1.165, 1.54) is 15.3 Å². The Morgan fingerprint density at radius 2 is 1.96 bits per heavy atom. The van der Waals surface area contributed by atoms with Crippen LogP contribution in [0.4, 0.5) is 0 Å². The molecule has 1 unspecified atom stereocenters. The summed E-state index contributed by atoms with van der Waals surface area (Å²) in [5.41, 5.74) is 1.27. The lowest BCUT2D eigenvalue weighted by Gasteiger charge is -2.35. The lowest BCUT2D eigenvalue weighted by molar-refractivity contribution is 0.200. The van der Waals surface area contributed by atoms with Crippen LogP contribution in [-0.2, 0) is 0 Å². The molecule has 1 aromatic heterocycles. The Labute approximate surface area is 148 Å². The number of ether oxygens (including phenoxy) is 2. The van der Waals surface area contributed by atoms with E-state index < -0.39 is 0 Å². The van der Waals surface area contributed by atoms with Gasteiger partial charge in [-0.25, -0.2) is 0 Å². The zero-order valence-corrected chi connectivity index (χ0v) is 15.5. The molecule has 0 radical (unpaired) electrons. The number of benzene rings is 1. The van der Waals surface area contributed by atoms with E-state index in [0.717, 1.165) is 37.7 Å². The normalized spacial score (nSPS) is 16.8. The molecule has 1 aliphatic heterocycles. The van der Waals surface area contributed by atoms with Crippen LogP contribution in [0.15, 0.2) is 30.3 Å². The van der Waals surface area contributed by atoms with Gasteiger partial charge in [-0.1, -0.05) is 6.07 Å². The van der Waals surface area contributed by atoms with Crippen LogP contribution in [0.5, 0.6) is 11.5 Å². The molecule has 24 heavy (non-hydrogen) atoms. The maximum absolute atomic E-state index is 5.79. The number of hydrogen-bond donors (Lipinski definition) is 1. The second-order valence-electron chi connectivity index (χ2n) is 5.98. The highest BCUT2D eigenvalue weighted by Gasteiger charge is 2.26. The molecule has 2 aromatic rings. The summed E-state index contributed by atoms with van der Waals surface area (Å²) < 4.78 is 11.2. The summed E-state index contributed by atoms with van der Waals surface area (Å²) in [6, 6.07) is 11.1. The van der Waals surface area contributed by atoms with Gasteiger partial charge in [0, 0.05) is 35.9 Å². The number of aryl methyl sites for hydroxylation is 1. The Bertz CT molecular complexity index is 665. The van der Waals surface area contributed by atoms with E-state index in [-0.39, 0.29) is 6.04 Å². The van der Waals surface area contributed by atoms with E-state index in [9.17, 15) is 0 Å². The van der Waals surface area contributed by atoms with Crippen molar-refractivity contribution >= 4 is 11.3 Å². The van der Waals surface area contributed by atoms with Crippen molar-refractivity contribution in [1.82, 2.24) is 10.2 Å². The summed E-state index contributed by atoms with van der Waals surface area (Å²) in [6.07, 6.45) is 0. The maximum Gasteiger partial charge on any atom is 0.161 e. The molecule has 1 saturated heterocycles. The average Bonchev–Trinajstić information content (AvgIpc) is 3.03. The van der Waals surface area contributed by atoms with Gasteiger partial charge >= 0.3 is 0 Å². The Morgan fingerprint density at radius 1 is 1.17 bits per heavy atom. The Balaban J connectivity index is 1.99. The molecule has 1 aromatic carbocycles. The fourth-order valence-electron chi connectivity index (χ4n) is 3.23. The third-order valence-electron chi connectivity index (χ3n) is 4.35. The Hall–Kier alpha value is -1.56. The molecule has 2 heterocycles. The van der Waals surface area contributed by atoms with Crippen molar-refractivity contribution in [2.45, 2.75) is 19.9 Å². The van der Waals surface area contributed by atoms with Gasteiger partial charge in [-0.05, 0) is 43.7 Å². The number of piperazine rings is 1. The van der Waals surface area contributed by atoms with Crippen LogP contribution in [-0.4, -0.2) is 44.8 Å². The minimum absolute atomic E-state index is 0.274. The van der Waals surface area contributed by atoms with Crippen molar-refractivity contribution in [2.24, 2.45) is 0 Å². The minimum Gasteiger partial charge on any atom is -0.493 e. The Morgan fingerprint density at radius 3 is 2.58 bits per heavy atom. The van der Waals surface area contributed by atoms with Crippen molar-refractivity contribution in [1.29, 1.82) is 0 Å². The van der Waals surface area contributed by atoms with Crippen molar-refractivity contribution in [3.8, 4) is 11.5 Å². The van der Waals surface area contributed by atoms with Crippen LogP contribution >= 0.6 is 11.3 Å². The SMILES string of the molecule is CCOc1cc(C(c2ccc(C)s2)N2CCNCC2)ccc1OC. The first-order valence-electron chi connectivity index (χ1n) is 8.54. The fraction of sp³-hybridized carbons (Fsp3) is 0.474. The lowest BCUT2D eigenvalue weighted by atomic mass is 10.0. The summed E-state index contributed by atoms with van der Waals surface area (Å²) in [5, 5.41) is 3.44. The summed E-state index contributed by atoms with van der Waals surface area (Å²) in [5.74, 6) is 1.62. The second kappa shape index (κ2) is 8.01. The summed E-state index contributed by atoms with van der Waals surface area (Å²) in [4.78, 5) is 5.30.